The van der Waals surface area contributed by atoms with Crippen molar-refractivity contribution < 1.29 is 14.3 Å². The van der Waals surface area contributed by atoms with Gasteiger partial charge in [-0.05, 0) is 62.2 Å². The van der Waals surface area contributed by atoms with Crippen LogP contribution >= 0.6 is 23.2 Å². The van der Waals surface area contributed by atoms with Crippen molar-refractivity contribution in [3.8, 4) is 11.5 Å². The highest BCUT2D eigenvalue weighted by Gasteiger charge is 2.30. The summed E-state index contributed by atoms with van der Waals surface area (Å²) in [5, 5.41) is 0.910. The van der Waals surface area contributed by atoms with Gasteiger partial charge in [-0.2, -0.15) is 0 Å². The number of hydrogen-bond donors (Lipinski definition) is 0. The quantitative estimate of drug-likeness (QED) is 0.406. The fraction of sp³-hybridized carbons (Fsp3) is 0.160. The Morgan fingerprint density at radius 1 is 1.00 bits per heavy atom. The number of Topliss-reactive ketones (excluding diaryl/α,β-unsaturated/α-hetero) is 1. The zero-order chi connectivity index (χ0) is 21.4. The van der Waals surface area contributed by atoms with Crippen LogP contribution in [0.2, 0.25) is 10.0 Å². The first-order valence-electron chi connectivity index (χ1n) is 9.56. The van der Waals surface area contributed by atoms with E-state index in [0.717, 1.165) is 11.1 Å². The first-order chi connectivity index (χ1) is 14.3. The van der Waals surface area contributed by atoms with E-state index in [1.54, 1.807) is 30.3 Å². The number of carbonyl (C=O) groups is 1. The largest absolute Gasteiger partial charge is 0.488 e. The lowest BCUT2D eigenvalue weighted by molar-refractivity contribution is 0.101. The van der Waals surface area contributed by atoms with Crippen molar-refractivity contribution in [1.82, 2.24) is 0 Å². The molecule has 3 aromatic carbocycles. The molecule has 0 radical (unpaired) electrons. The van der Waals surface area contributed by atoms with Gasteiger partial charge in [0.2, 0.25) is 5.78 Å². The van der Waals surface area contributed by atoms with Crippen LogP contribution in [0.1, 0.15) is 38.2 Å². The minimum atomic E-state index is -0.204. The predicted molar refractivity (Wildman–Crippen MR) is 121 cm³/mol. The standard InChI is InChI=1S/C25H20Cl2O3/c1-14-7-8-15(2)17(11-14)13-29-22-10-9-18-24(28)23(30-25(18)16(22)3)12-19-20(26)5-4-6-21(19)27/h4-12H,13H2,1-3H3/b23-12-. The van der Waals surface area contributed by atoms with Crippen LogP contribution in [0.3, 0.4) is 0 Å². The number of benzene rings is 3. The highest BCUT2D eigenvalue weighted by atomic mass is 35.5. The van der Waals surface area contributed by atoms with E-state index in [1.807, 2.05) is 13.0 Å². The summed E-state index contributed by atoms with van der Waals surface area (Å²) >= 11 is 12.5. The van der Waals surface area contributed by atoms with Gasteiger partial charge in [0, 0.05) is 21.2 Å². The molecular weight excluding hydrogens is 419 g/mol. The van der Waals surface area contributed by atoms with Crippen molar-refractivity contribution in [2.45, 2.75) is 27.4 Å². The Kier molecular flexibility index (Phi) is 5.59. The summed E-state index contributed by atoms with van der Waals surface area (Å²) in [6, 6.07) is 15.0. The molecular formula is C25H20Cl2O3. The fourth-order valence-electron chi connectivity index (χ4n) is 3.42. The van der Waals surface area contributed by atoms with Gasteiger partial charge in [0.1, 0.15) is 18.1 Å². The number of ether oxygens (including phenoxy) is 2. The van der Waals surface area contributed by atoms with Crippen molar-refractivity contribution in [1.29, 1.82) is 0 Å². The van der Waals surface area contributed by atoms with Crippen LogP contribution in [0.25, 0.3) is 6.08 Å². The number of rotatable bonds is 4. The molecule has 0 fully saturated rings. The Morgan fingerprint density at radius 2 is 1.73 bits per heavy atom. The van der Waals surface area contributed by atoms with Crippen molar-refractivity contribution in [3.63, 3.8) is 0 Å². The third-order valence-electron chi connectivity index (χ3n) is 5.20. The first kappa shape index (κ1) is 20.5. The van der Waals surface area contributed by atoms with Crippen LogP contribution in [-0.2, 0) is 6.61 Å². The van der Waals surface area contributed by atoms with Gasteiger partial charge in [0.15, 0.2) is 5.76 Å². The van der Waals surface area contributed by atoms with Crippen LogP contribution in [0.15, 0.2) is 54.3 Å². The van der Waals surface area contributed by atoms with E-state index in [0.29, 0.717) is 39.3 Å². The van der Waals surface area contributed by atoms with Crippen LogP contribution in [0.5, 0.6) is 11.5 Å². The average Bonchev–Trinajstić information content (AvgIpc) is 3.03. The maximum atomic E-state index is 12.8. The Morgan fingerprint density at radius 3 is 2.47 bits per heavy atom. The molecule has 1 aliphatic heterocycles. The second-order valence-corrected chi connectivity index (χ2v) is 8.17. The van der Waals surface area contributed by atoms with Crippen LogP contribution in [-0.4, -0.2) is 5.78 Å². The summed E-state index contributed by atoms with van der Waals surface area (Å²) in [6.45, 7) is 6.45. The summed E-state index contributed by atoms with van der Waals surface area (Å²) in [7, 11) is 0. The molecule has 0 aliphatic carbocycles. The molecule has 0 amide bonds. The lowest BCUT2D eigenvalue weighted by Gasteiger charge is -2.13. The number of hydrogen-bond acceptors (Lipinski definition) is 3. The molecule has 4 rings (SSSR count). The molecule has 0 aromatic heterocycles. The van der Waals surface area contributed by atoms with Gasteiger partial charge in [-0.3, -0.25) is 4.79 Å². The van der Waals surface area contributed by atoms with Gasteiger partial charge in [0.05, 0.1) is 5.56 Å². The minimum Gasteiger partial charge on any atom is -0.488 e. The third kappa shape index (κ3) is 3.83. The molecule has 0 saturated carbocycles. The average molecular weight is 439 g/mol. The molecule has 1 heterocycles. The van der Waals surface area contributed by atoms with E-state index in [-0.39, 0.29) is 11.5 Å². The summed E-state index contributed by atoms with van der Waals surface area (Å²) in [4.78, 5) is 12.8. The highest BCUT2D eigenvalue weighted by molar-refractivity contribution is 6.37. The Hall–Kier alpha value is -2.75. The lowest BCUT2D eigenvalue weighted by atomic mass is 10.0. The van der Waals surface area contributed by atoms with E-state index < -0.39 is 0 Å². The Bertz CT molecular complexity index is 1170. The smallest absolute Gasteiger partial charge is 0.231 e. The predicted octanol–water partition coefficient (Wildman–Crippen LogP) is 7.11. The molecule has 3 nitrogen and oxygen atoms in total. The summed E-state index contributed by atoms with van der Waals surface area (Å²) in [5.74, 6) is 1.17. The number of allylic oxidation sites excluding steroid dienone is 1. The molecule has 5 heteroatoms. The number of halogens is 2. The monoisotopic (exact) mass is 438 g/mol. The Balaban J connectivity index is 1.62. The molecule has 0 atom stereocenters. The van der Waals surface area contributed by atoms with E-state index >= 15 is 0 Å². The summed E-state index contributed by atoms with van der Waals surface area (Å²) in [5.41, 5.74) is 5.32. The zero-order valence-corrected chi connectivity index (χ0v) is 18.4. The van der Waals surface area contributed by atoms with Crippen molar-refractivity contribution in [2.75, 3.05) is 0 Å². The van der Waals surface area contributed by atoms with Gasteiger partial charge in [-0.25, -0.2) is 0 Å². The van der Waals surface area contributed by atoms with E-state index in [2.05, 4.69) is 32.0 Å². The number of fused-ring (bicyclic) bond motifs is 1. The molecule has 152 valence electrons. The second kappa shape index (κ2) is 8.17. The summed E-state index contributed by atoms with van der Waals surface area (Å²) < 4.78 is 12.0. The highest BCUT2D eigenvalue weighted by Crippen LogP contribution is 2.40. The molecule has 0 spiro atoms. The van der Waals surface area contributed by atoms with E-state index in [1.165, 1.54) is 11.1 Å². The minimum absolute atomic E-state index is 0.190. The third-order valence-corrected chi connectivity index (χ3v) is 5.86. The normalized spacial score (nSPS) is 14.0. The Labute approximate surface area is 185 Å². The van der Waals surface area contributed by atoms with Crippen LogP contribution in [0.4, 0.5) is 0 Å². The SMILES string of the molecule is Cc1ccc(C)c(COc2ccc3c(c2C)O/C(=C\c2c(Cl)cccc2Cl)C3=O)c1. The van der Waals surface area contributed by atoms with Gasteiger partial charge in [-0.15, -0.1) is 0 Å². The van der Waals surface area contributed by atoms with E-state index in [4.69, 9.17) is 32.7 Å². The van der Waals surface area contributed by atoms with Gasteiger partial charge in [0.25, 0.3) is 0 Å². The van der Waals surface area contributed by atoms with Crippen molar-refractivity contribution >= 4 is 35.1 Å². The lowest BCUT2D eigenvalue weighted by Crippen LogP contribution is -2.00. The maximum absolute atomic E-state index is 12.8. The topological polar surface area (TPSA) is 35.5 Å². The molecule has 0 unspecified atom stereocenters. The molecule has 0 bridgehead atoms. The second-order valence-electron chi connectivity index (χ2n) is 7.36. The number of ketones is 1. The molecule has 0 saturated heterocycles. The summed E-state index contributed by atoms with van der Waals surface area (Å²) in [6.07, 6.45) is 1.59. The number of carbonyl (C=O) groups excluding carboxylic acids is 1. The van der Waals surface area contributed by atoms with Gasteiger partial charge >= 0.3 is 0 Å². The fourth-order valence-corrected chi connectivity index (χ4v) is 3.92. The van der Waals surface area contributed by atoms with Crippen molar-refractivity contribution in [3.05, 3.63) is 97.7 Å². The molecule has 1 aliphatic rings. The first-order valence-corrected chi connectivity index (χ1v) is 10.3. The van der Waals surface area contributed by atoms with Crippen molar-refractivity contribution in [2.24, 2.45) is 0 Å². The van der Waals surface area contributed by atoms with Crippen LogP contribution in [0, 0.1) is 20.8 Å². The van der Waals surface area contributed by atoms with E-state index in [9.17, 15) is 4.79 Å². The zero-order valence-electron chi connectivity index (χ0n) is 16.9. The molecule has 0 N–H and O–H groups in total. The molecule has 3 aromatic rings. The number of aryl methyl sites for hydroxylation is 2. The molecule has 30 heavy (non-hydrogen) atoms. The van der Waals surface area contributed by atoms with Gasteiger partial charge < -0.3 is 9.47 Å². The maximum Gasteiger partial charge on any atom is 0.231 e. The van der Waals surface area contributed by atoms with Gasteiger partial charge in [-0.1, -0.05) is 53.0 Å². The van der Waals surface area contributed by atoms with Crippen LogP contribution < -0.4 is 9.47 Å².